The van der Waals surface area contributed by atoms with Crippen LogP contribution in [0.3, 0.4) is 0 Å². The summed E-state index contributed by atoms with van der Waals surface area (Å²) in [5.74, 6) is -0.211. The van der Waals surface area contributed by atoms with Gasteiger partial charge < -0.3 is 0 Å². The number of carbonyl (C=O) groups excluding carboxylic acids is 1. The molecule has 0 N–H and O–H groups in total. The van der Waals surface area contributed by atoms with Crippen molar-refractivity contribution < 1.29 is 4.79 Å². The molecule has 0 aliphatic heterocycles. The minimum absolute atomic E-state index is 0.211. The highest BCUT2D eigenvalue weighted by atomic mass is 16.1. The van der Waals surface area contributed by atoms with Crippen molar-refractivity contribution >= 4 is 11.4 Å². The van der Waals surface area contributed by atoms with Gasteiger partial charge in [0.15, 0.2) is 5.65 Å². The fraction of sp³-hybridized carbons (Fsp3) is 0. The number of nitrogens with zero attached hydrogens (tertiary/aromatic N) is 3. The van der Waals surface area contributed by atoms with Crippen LogP contribution in [-0.2, 0) is 0 Å². The molecule has 0 saturated heterocycles. The van der Waals surface area contributed by atoms with Crippen LogP contribution in [0.1, 0.15) is 16.1 Å². The normalized spacial score (nSPS) is 9.80. The predicted molar refractivity (Wildman–Crippen MR) is 54.4 cm³/mol. The van der Waals surface area contributed by atoms with Crippen molar-refractivity contribution in [3.8, 4) is 6.07 Å². The molecule has 0 saturated carbocycles. The maximum Gasteiger partial charge on any atom is 0.203 e. The molecule has 0 aliphatic carbocycles. The molecule has 2 aromatic rings. The highest BCUT2D eigenvalue weighted by Crippen LogP contribution is 2.11. The Morgan fingerprint density at radius 2 is 2.47 bits per heavy atom. The monoisotopic (exact) mass is 197 g/mol. The standard InChI is InChI=1S/C11H7N3O/c1-2-10(15)9-7-13-11-8(6-12)4-3-5-14(9)11/h2-5,7H,1H2. The van der Waals surface area contributed by atoms with Gasteiger partial charge >= 0.3 is 0 Å². The van der Waals surface area contributed by atoms with E-state index in [2.05, 4.69) is 11.6 Å². The molecule has 2 aromatic heterocycles. The van der Waals surface area contributed by atoms with Crippen LogP contribution in [0.2, 0.25) is 0 Å². The Kier molecular flexibility index (Phi) is 2.07. The van der Waals surface area contributed by atoms with Crippen LogP contribution in [0, 0.1) is 11.3 Å². The number of ketones is 1. The summed E-state index contributed by atoms with van der Waals surface area (Å²) in [6.45, 7) is 3.41. The summed E-state index contributed by atoms with van der Waals surface area (Å²) < 4.78 is 1.59. The molecule has 0 unspecified atom stereocenters. The lowest BCUT2D eigenvalue weighted by atomic mass is 10.3. The number of imidazole rings is 1. The summed E-state index contributed by atoms with van der Waals surface area (Å²) in [6, 6.07) is 5.38. The first-order valence-corrected chi connectivity index (χ1v) is 4.31. The molecule has 0 radical (unpaired) electrons. The Morgan fingerprint density at radius 3 is 3.13 bits per heavy atom. The zero-order valence-electron chi connectivity index (χ0n) is 7.84. The molecule has 72 valence electrons. The maximum atomic E-state index is 11.4. The van der Waals surface area contributed by atoms with Gasteiger partial charge in [0.2, 0.25) is 5.78 Å². The molecule has 0 spiro atoms. The van der Waals surface area contributed by atoms with Crippen LogP contribution in [0.4, 0.5) is 0 Å². The summed E-state index contributed by atoms with van der Waals surface area (Å²) in [7, 11) is 0. The van der Waals surface area contributed by atoms with Crippen LogP contribution in [0.15, 0.2) is 37.2 Å². The van der Waals surface area contributed by atoms with Crippen molar-refractivity contribution in [2.75, 3.05) is 0 Å². The quantitative estimate of drug-likeness (QED) is 0.542. The summed E-state index contributed by atoms with van der Waals surface area (Å²) in [4.78, 5) is 15.5. The van der Waals surface area contributed by atoms with E-state index in [4.69, 9.17) is 5.26 Å². The fourth-order valence-corrected chi connectivity index (χ4v) is 1.39. The fourth-order valence-electron chi connectivity index (χ4n) is 1.39. The van der Waals surface area contributed by atoms with Crippen LogP contribution in [-0.4, -0.2) is 15.2 Å². The zero-order chi connectivity index (χ0) is 10.8. The number of allylic oxidation sites excluding steroid dienone is 1. The molecular formula is C11H7N3O. The molecule has 0 aromatic carbocycles. The van der Waals surface area contributed by atoms with E-state index in [1.165, 1.54) is 12.3 Å². The number of fused-ring (bicyclic) bond motifs is 1. The number of aromatic nitrogens is 2. The minimum Gasteiger partial charge on any atom is -0.296 e. The molecule has 15 heavy (non-hydrogen) atoms. The minimum atomic E-state index is -0.211. The summed E-state index contributed by atoms with van der Waals surface area (Å²) >= 11 is 0. The first kappa shape index (κ1) is 9.16. The van der Waals surface area contributed by atoms with Gasteiger partial charge in [0, 0.05) is 6.20 Å². The Morgan fingerprint density at radius 1 is 1.67 bits per heavy atom. The van der Waals surface area contributed by atoms with E-state index in [1.54, 1.807) is 22.7 Å². The number of pyridine rings is 1. The molecule has 4 nitrogen and oxygen atoms in total. The van der Waals surface area contributed by atoms with Gasteiger partial charge in [-0.15, -0.1) is 0 Å². The van der Waals surface area contributed by atoms with E-state index < -0.39 is 0 Å². The maximum absolute atomic E-state index is 11.4. The Hall–Kier alpha value is -2.41. The second-order valence-electron chi connectivity index (χ2n) is 2.94. The SMILES string of the molecule is C=CC(=O)c1cnc2c(C#N)cccn12. The van der Waals surface area contributed by atoms with Crippen LogP contribution in [0.25, 0.3) is 5.65 Å². The molecule has 0 aliphatic rings. The van der Waals surface area contributed by atoms with Gasteiger partial charge in [-0.05, 0) is 18.2 Å². The number of hydrogen-bond donors (Lipinski definition) is 0. The number of nitriles is 1. The largest absolute Gasteiger partial charge is 0.296 e. The van der Waals surface area contributed by atoms with Crippen LogP contribution in [0.5, 0.6) is 0 Å². The first-order chi connectivity index (χ1) is 7.27. The predicted octanol–water partition coefficient (Wildman–Crippen LogP) is 1.57. The van der Waals surface area contributed by atoms with Gasteiger partial charge in [0.25, 0.3) is 0 Å². The lowest BCUT2D eigenvalue weighted by Crippen LogP contribution is -1.99. The topological polar surface area (TPSA) is 58.2 Å². The van der Waals surface area contributed by atoms with Crippen molar-refractivity contribution in [3.63, 3.8) is 0 Å². The zero-order valence-corrected chi connectivity index (χ0v) is 7.84. The Balaban J connectivity index is 2.78. The summed E-state index contributed by atoms with van der Waals surface area (Å²) in [5.41, 5.74) is 1.35. The molecule has 0 amide bonds. The number of rotatable bonds is 2. The van der Waals surface area contributed by atoms with Gasteiger partial charge in [0.05, 0.1) is 11.8 Å². The van der Waals surface area contributed by atoms with E-state index in [0.717, 1.165) is 0 Å². The van der Waals surface area contributed by atoms with Crippen molar-refractivity contribution in [3.05, 3.63) is 48.4 Å². The van der Waals surface area contributed by atoms with Crippen molar-refractivity contribution in [1.82, 2.24) is 9.38 Å². The second-order valence-corrected chi connectivity index (χ2v) is 2.94. The van der Waals surface area contributed by atoms with Gasteiger partial charge in [-0.25, -0.2) is 4.98 Å². The smallest absolute Gasteiger partial charge is 0.203 e. The molecule has 4 heteroatoms. The lowest BCUT2D eigenvalue weighted by molar-refractivity contribution is 0.104. The summed E-state index contributed by atoms with van der Waals surface area (Å²) in [5, 5.41) is 8.83. The highest BCUT2D eigenvalue weighted by Gasteiger charge is 2.10. The van der Waals surface area contributed by atoms with Gasteiger partial charge in [0.1, 0.15) is 11.8 Å². The molecule has 0 atom stereocenters. The second kappa shape index (κ2) is 3.39. The van der Waals surface area contributed by atoms with Gasteiger partial charge in [-0.2, -0.15) is 5.26 Å². The number of hydrogen-bond acceptors (Lipinski definition) is 3. The van der Waals surface area contributed by atoms with Crippen LogP contribution >= 0.6 is 0 Å². The summed E-state index contributed by atoms with van der Waals surface area (Å²) in [6.07, 6.45) is 4.36. The average Bonchev–Trinajstić information content (AvgIpc) is 2.71. The molecule has 0 bridgehead atoms. The average molecular weight is 197 g/mol. The van der Waals surface area contributed by atoms with E-state index in [9.17, 15) is 4.79 Å². The first-order valence-electron chi connectivity index (χ1n) is 4.31. The van der Waals surface area contributed by atoms with Crippen molar-refractivity contribution in [2.45, 2.75) is 0 Å². The third-order valence-corrected chi connectivity index (χ3v) is 2.09. The van der Waals surface area contributed by atoms with Gasteiger partial charge in [-0.3, -0.25) is 9.20 Å². The molecule has 0 fully saturated rings. The highest BCUT2D eigenvalue weighted by molar-refractivity contribution is 6.03. The van der Waals surface area contributed by atoms with Crippen molar-refractivity contribution in [2.24, 2.45) is 0 Å². The third kappa shape index (κ3) is 1.30. The van der Waals surface area contributed by atoms with E-state index in [1.807, 2.05) is 6.07 Å². The van der Waals surface area contributed by atoms with Crippen LogP contribution < -0.4 is 0 Å². The molecule has 2 heterocycles. The number of carbonyl (C=O) groups is 1. The lowest BCUT2D eigenvalue weighted by Gasteiger charge is -1.97. The molecule has 2 rings (SSSR count). The molecular weight excluding hydrogens is 190 g/mol. The van der Waals surface area contributed by atoms with E-state index in [-0.39, 0.29) is 5.78 Å². The van der Waals surface area contributed by atoms with E-state index in [0.29, 0.717) is 16.9 Å². The van der Waals surface area contributed by atoms with Gasteiger partial charge in [-0.1, -0.05) is 6.58 Å². The Bertz CT molecular complexity index is 589. The van der Waals surface area contributed by atoms with E-state index >= 15 is 0 Å². The van der Waals surface area contributed by atoms with Crippen molar-refractivity contribution in [1.29, 1.82) is 5.26 Å². The third-order valence-electron chi connectivity index (χ3n) is 2.09. The Labute approximate surface area is 86.1 Å².